The van der Waals surface area contributed by atoms with E-state index in [4.69, 9.17) is 18.9 Å². The Balaban J connectivity index is 1.53. The number of ether oxygens (including phenoxy) is 4. The van der Waals surface area contributed by atoms with E-state index >= 15 is 0 Å². The number of rotatable bonds is 9. The van der Waals surface area contributed by atoms with Crippen LogP contribution in [0, 0.1) is 17.8 Å². The Kier molecular flexibility index (Phi) is 7.23. The SMILES string of the molecule is COC(=O)c1ccc(C(=Cc2ccc(OC)c(C34CC5CC(CC(C5)C3)C4)c2)CC(OC)OC)cc1. The van der Waals surface area contributed by atoms with Crippen molar-refractivity contribution in [2.75, 3.05) is 28.4 Å². The van der Waals surface area contributed by atoms with E-state index in [1.807, 2.05) is 12.1 Å². The van der Waals surface area contributed by atoms with Gasteiger partial charge >= 0.3 is 5.97 Å². The fourth-order valence-electron chi connectivity index (χ4n) is 7.51. The van der Waals surface area contributed by atoms with Crippen LogP contribution in [0.5, 0.6) is 5.75 Å². The smallest absolute Gasteiger partial charge is 0.337 e. The quantitative estimate of drug-likeness (QED) is 0.228. The monoisotopic (exact) mass is 490 g/mol. The highest BCUT2D eigenvalue weighted by atomic mass is 16.7. The first kappa shape index (κ1) is 25.0. The van der Waals surface area contributed by atoms with Crippen molar-refractivity contribution in [1.29, 1.82) is 0 Å². The second-order valence-electron chi connectivity index (χ2n) is 11.0. The molecule has 4 aliphatic carbocycles. The molecule has 0 N–H and O–H groups in total. The summed E-state index contributed by atoms with van der Waals surface area (Å²) in [6, 6.07) is 14.2. The van der Waals surface area contributed by atoms with Crippen LogP contribution in [0.2, 0.25) is 0 Å². The molecule has 6 rings (SSSR count). The molecule has 0 unspecified atom stereocenters. The van der Waals surface area contributed by atoms with Gasteiger partial charge in [-0.3, -0.25) is 0 Å². The van der Waals surface area contributed by atoms with E-state index in [1.165, 1.54) is 51.2 Å². The first-order chi connectivity index (χ1) is 17.5. The van der Waals surface area contributed by atoms with Gasteiger partial charge in [0.25, 0.3) is 0 Å². The third-order valence-corrected chi connectivity index (χ3v) is 8.76. The largest absolute Gasteiger partial charge is 0.496 e. The second kappa shape index (κ2) is 10.4. The van der Waals surface area contributed by atoms with Crippen LogP contribution in [0.3, 0.4) is 0 Å². The molecule has 2 aromatic carbocycles. The van der Waals surface area contributed by atoms with Gasteiger partial charge in [-0.15, -0.1) is 0 Å². The molecule has 0 amide bonds. The van der Waals surface area contributed by atoms with Gasteiger partial charge in [-0.25, -0.2) is 4.79 Å². The molecule has 5 heteroatoms. The average molecular weight is 491 g/mol. The highest BCUT2D eigenvalue weighted by molar-refractivity contribution is 5.90. The minimum absolute atomic E-state index is 0.244. The summed E-state index contributed by atoms with van der Waals surface area (Å²) in [4.78, 5) is 11.9. The third kappa shape index (κ3) is 4.83. The van der Waals surface area contributed by atoms with Crippen LogP contribution in [-0.2, 0) is 19.6 Å². The molecule has 0 aromatic heterocycles. The number of benzene rings is 2. The molecule has 4 fully saturated rings. The summed E-state index contributed by atoms with van der Waals surface area (Å²) in [6.07, 6.45) is 10.6. The summed E-state index contributed by atoms with van der Waals surface area (Å²) >= 11 is 0. The van der Waals surface area contributed by atoms with Crippen molar-refractivity contribution < 1.29 is 23.7 Å². The summed E-state index contributed by atoms with van der Waals surface area (Å²) < 4.78 is 21.9. The predicted molar refractivity (Wildman–Crippen MR) is 141 cm³/mol. The summed E-state index contributed by atoms with van der Waals surface area (Å²) in [6.45, 7) is 0. The van der Waals surface area contributed by atoms with Gasteiger partial charge in [0.15, 0.2) is 6.29 Å². The zero-order valence-electron chi connectivity index (χ0n) is 21.9. The summed E-state index contributed by atoms with van der Waals surface area (Å²) in [5.41, 5.74) is 5.42. The van der Waals surface area contributed by atoms with Crippen molar-refractivity contribution in [3.05, 3.63) is 64.7 Å². The number of hydrogen-bond acceptors (Lipinski definition) is 5. The fraction of sp³-hybridized carbons (Fsp3) is 0.516. The van der Waals surface area contributed by atoms with Crippen LogP contribution in [-0.4, -0.2) is 40.7 Å². The van der Waals surface area contributed by atoms with E-state index in [2.05, 4.69) is 24.3 Å². The maximum atomic E-state index is 11.9. The molecule has 0 heterocycles. The third-order valence-electron chi connectivity index (χ3n) is 8.76. The Morgan fingerprint density at radius 3 is 2.00 bits per heavy atom. The van der Waals surface area contributed by atoms with Gasteiger partial charge in [0.1, 0.15) is 5.75 Å². The molecule has 0 saturated heterocycles. The van der Waals surface area contributed by atoms with Gasteiger partial charge in [-0.2, -0.15) is 0 Å². The first-order valence-corrected chi connectivity index (χ1v) is 13.1. The van der Waals surface area contributed by atoms with E-state index in [-0.39, 0.29) is 17.7 Å². The van der Waals surface area contributed by atoms with E-state index in [9.17, 15) is 4.79 Å². The van der Waals surface area contributed by atoms with Crippen LogP contribution in [0.25, 0.3) is 11.6 Å². The lowest BCUT2D eigenvalue weighted by Gasteiger charge is -2.57. The Labute approximate surface area is 214 Å². The zero-order chi connectivity index (χ0) is 25.3. The molecule has 0 atom stereocenters. The highest BCUT2D eigenvalue weighted by Gasteiger charge is 2.52. The number of esters is 1. The van der Waals surface area contributed by atoms with E-state index in [0.29, 0.717) is 12.0 Å². The molecular weight excluding hydrogens is 452 g/mol. The van der Waals surface area contributed by atoms with Crippen molar-refractivity contribution >= 4 is 17.6 Å². The molecule has 0 radical (unpaired) electrons. The van der Waals surface area contributed by atoms with Crippen molar-refractivity contribution in [3.8, 4) is 5.75 Å². The normalized spacial score (nSPS) is 26.9. The highest BCUT2D eigenvalue weighted by Crippen LogP contribution is 2.62. The van der Waals surface area contributed by atoms with Crippen molar-refractivity contribution in [2.24, 2.45) is 17.8 Å². The Bertz CT molecular complexity index is 1080. The van der Waals surface area contributed by atoms with Crippen molar-refractivity contribution in [2.45, 2.75) is 56.7 Å². The standard InChI is InChI=1S/C31H38O5/c1-33-28-10-5-20(15-27(28)31-17-21-11-22(18-31)13-23(12-21)19-31)14-26(16-29(34-2)35-3)24-6-8-25(9-7-24)30(32)36-4/h5-10,14-15,21-23,29H,11-13,16-19H2,1-4H3. The molecule has 36 heavy (non-hydrogen) atoms. The maximum Gasteiger partial charge on any atom is 0.337 e. The first-order valence-electron chi connectivity index (χ1n) is 13.1. The maximum absolute atomic E-state index is 11.9. The summed E-state index contributed by atoms with van der Waals surface area (Å²) in [5, 5.41) is 0. The minimum Gasteiger partial charge on any atom is -0.496 e. The van der Waals surface area contributed by atoms with Crippen LogP contribution in [0.15, 0.2) is 42.5 Å². The van der Waals surface area contributed by atoms with Crippen molar-refractivity contribution in [3.63, 3.8) is 0 Å². The average Bonchev–Trinajstić information content (AvgIpc) is 2.90. The van der Waals surface area contributed by atoms with Gasteiger partial charge in [-0.05, 0) is 103 Å². The number of hydrogen-bond donors (Lipinski definition) is 0. The van der Waals surface area contributed by atoms with Crippen LogP contribution < -0.4 is 4.74 Å². The molecular formula is C31H38O5. The van der Waals surface area contributed by atoms with E-state index in [1.54, 1.807) is 33.5 Å². The van der Waals surface area contributed by atoms with E-state index in [0.717, 1.165) is 40.2 Å². The molecule has 5 nitrogen and oxygen atoms in total. The van der Waals surface area contributed by atoms with Gasteiger partial charge in [-0.1, -0.05) is 24.3 Å². The molecule has 2 aromatic rings. The van der Waals surface area contributed by atoms with Crippen LogP contribution >= 0.6 is 0 Å². The molecule has 4 saturated carbocycles. The Morgan fingerprint density at radius 2 is 1.47 bits per heavy atom. The van der Waals surface area contributed by atoms with Crippen molar-refractivity contribution in [1.82, 2.24) is 0 Å². The summed E-state index contributed by atoms with van der Waals surface area (Å²) in [7, 11) is 6.51. The molecule has 0 aliphatic heterocycles. The van der Waals surface area contributed by atoms with Crippen LogP contribution in [0.4, 0.5) is 0 Å². The van der Waals surface area contributed by atoms with Gasteiger partial charge in [0.2, 0.25) is 0 Å². The van der Waals surface area contributed by atoms with E-state index < -0.39 is 0 Å². The number of methoxy groups -OCH3 is 4. The van der Waals surface area contributed by atoms with Gasteiger partial charge < -0.3 is 18.9 Å². The summed E-state index contributed by atoms with van der Waals surface area (Å²) in [5.74, 6) is 3.29. The van der Waals surface area contributed by atoms with Gasteiger partial charge in [0, 0.05) is 26.2 Å². The molecule has 0 spiro atoms. The topological polar surface area (TPSA) is 54.0 Å². The molecule has 4 bridgehead atoms. The Morgan fingerprint density at radius 1 is 0.889 bits per heavy atom. The molecule has 192 valence electrons. The lowest BCUT2D eigenvalue weighted by molar-refractivity contribution is -0.0970. The molecule has 4 aliphatic rings. The lowest BCUT2D eigenvalue weighted by atomic mass is 9.48. The minimum atomic E-state index is -0.364. The lowest BCUT2D eigenvalue weighted by Crippen LogP contribution is -2.48. The Hall–Kier alpha value is -2.63. The second-order valence-corrected chi connectivity index (χ2v) is 11.0. The zero-order valence-corrected chi connectivity index (χ0v) is 21.9. The van der Waals surface area contributed by atoms with Crippen LogP contribution in [0.1, 0.15) is 72.0 Å². The number of carbonyl (C=O) groups excluding carboxylic acids is 1. The fourth-order valence-corrected chi connectivity index (χ4v) is 7.51. The predicted octanol–water partition coefficient (Wildman–Crippen LogP) is 6.50. The number of carbonyl (C=O) groups is 1. The van der Waals surface area contributed by atoms with Gasteiger partial charge in [0.05, 0.1) is 19.8 Å².